The minimum Gasteiger partial charge on any atom is -0.507 e. The Morgan fingerprint density at radius 3 is 2.30 bits per heavy atom. The number of carbonyl (C=O) groups is 3. The molecule has 4 rings (SSSR count). The summed E-state index contributed by atoms with van der Waals surface area (Å²) in [6.45, 7) is 10.1. The number of carbonyl (C=O) groups excluding carboxylic acids is 3. The van der Waals surface area contributed by atoms with Gasteiger partial charge in [0.25, 0.3) is 11.7 Å². The molecule has 1 heterocycles. The number of amides is 1. The van der Waals surface area contributed by atoms with E-state index in [1.807, 2.05) is 52.0 Å². The molecule has 1 atom stereocenters. The van der Waals surface area contributed by atoms with Crippen molar-refractivity contribution in [3.05, 3.63) is 100 Å². The van der Waals surface area contributed by atoms with E-state index in [1.54, 1.807) is 56.5 Å². The van der Waals surface area contributed by atoms with Crippen molar-refractivity contribution in [2.24, 2.45) is 0 Å². The predicted molar refractivity (Wildman–Crippen MR) is 154 cm³/mol. The van der Waals surface area contributed by atoms with Crippen molar-refractivity contribution in [1.29, 1.82) is 0 Å². The molecule has 1 unspecified atom stereocenters. The number of ether oxygens (including phenoxy) is 2. The number of rotatable bonds is 7. The lowest BCUT2D eigenvalue weighted by Crippen LogP contribution is -2.29. The van der Waals surface area contributed by atoms with Crippen molar-refractivity contribution in [1.82, 2.24) is 0 Å². The first kappa shape index (κ1) is 28.6. The van der Waals surface area contributed by atoms with E-state index in [4.69, 9.17) is 9.47 Å². The topological polar surface area (TPSA) is 93.1 Å². The molecular formula is C33H35NO6. The van der Waals surface area contributed by atoms with Gasteiger partial charge in [-0.1, -0.05) is 62.7 Å². The summed E-state index contributed by atoms with van der Waals surface area (Å²) in [7, 11) is 1.59. The third-order valence-electron chi connectivity index (χ3n) is 6.95. The van der Waals surface area contributed by atoms with E-state index < -0.39 is 17.7 Å². The Morgan fingerprint density at radius 2 is 1.70 bits per heavy atom. The molecular weight excluding hydrogens is 506 g/mol. The van der Waals surface area contributed by atoms with E-state index in [0.717, 1.165) is 16.7 Å². The number of esters is 1. The van der Waals surface area contributed by atoms with Crippen LogP contribution in [0.3, 0.4) is 0 Å². The van der Waals surface area contributed by atoms with Crippen molar-refractivity contribution in [2.45, 2.75) is 52.5 Å². The zero-order chi connectivity index (χ0) is 29.2. The maximum absolute atomic E-state index is 13.6. The lowest BCUT2D eigenvalue weighted by molar-refractivity contribution is -0.142. The van der Waals surface area contributed by atoms with Crippen molar-refractivity contribution in [2.75, 3.05) is 18.6 Å². The number of Topliss-reactive ketones (excluding diaryl/α,β-unsaturated/α-hetero) is 1. The monoisotopic (exact) mass is 541 g/mol. The first-order valence-electron chi connectivity index (χ1n) is 13.3. The van der Waals surface area contributed by atoms with Gasteiger partial charge in [-0.15, -0.1) is 0 Å². The van der Waals surface area contributed by atoms with Crippen LogP contribution in [0.25, 0.3) is 5.76 Å². The van der Waals surface area contributed by atoms with Gasteiger partial charge in [0.15, 0.2) is 0 Å². The molecule has 0 saturated carbocycles. The SMILES string of the molecule is CCOC(=O)Cc1ccc(N2C(=O)C(=O)/C(=C(\O)c3ccc(OC)c(C(C)(C)C)c3)C2c2cccc(C)c2)cc1. The second-order valence-corrected chi connectivity index (χ2v) is 10.9. The van der Waals surface area contributed by atoms with E-state index >= 15 is 0 Å². The van der Waals surface area contributed by atoms with Gasteiger partial charge in [0.2, 0.25) is 0 Å². The maximum atomic E-state index is 13.6. The minimum atomic E-state index is -0.851. The van der Waals surface area contributed by atoms with Gasteiger partial charge in [-0.05, 0) is 60.7 Å². The van der Waals surface area contributed by atoms with Crippen LogP contribution in [0.4, 0.5) is 5.69 Å². The lowest BCUT2D eigenvalue weighted by atomic mass is 9.84. The first-order valence-corrected chi connectivity index (χ1v) is 13.3. The van der Waals surface area contributed by atoms with E-state index in [1.165, 1.54) is 4.90 Å². The average Bonchev–Trinajstić information content (AvgIpc) is 3.18. The van der Waals surface area contributed by atoms with Crippen LogP contribution in [-0.2, 0) is 31.0 Å². The molecule has 1 N–H and O–H groups in total. The number of nitrogens with zero attached hydrogens (tertiary/aromatic N) is 1. The quantitative estimate of drug-likeness (QED) is 0.170. The molecule has 1 amide bonds. The highest BCUT2D eigenvalue weighted by molar-refractivity contribution is 6.51. The second-order valence-electron chi connectivity index (χ2n) is 10.9. The Morgan fingerprint density at radius 1 is 1.00 bits per heavy atom. The fourth-order valence-electron chi connectivity index (χ4n) is 5.00. The fraction of sp³-hybridized carbons (Fsp3) is 0.303. The van der Waals surface area contributed by atoms with Crippen LogP contribution in [0.15, 0.2) is 72.3 Å². The van der Waals surface area contributed by atoms with Crippen LogP contribution in [0.5, 0.6) is 5.75 Å². The standard InChI is InChI=1S/C33H35NO6/c1-7-40-27(35)18-21-11-14-24(15-12-21)34-29(22-10-8-9-20(2)17-22)28(31(37)32(34)38)30(36)23-13-16-26(39-6)25(19-23)33(3,4)5/h8-17,19,29,36H,7,18H2,1-6H3/b30-28-. The van der Waals surface area contributed by atoms with Crippen LogP contribution >= 0.6 is 0 Å². The Hall–Kier alpha value is -4.39. The molecule has 0 aromatic heterocycles. The van der Waals surface area contributed by atoms with Crippen LogP contribution in [0.2, 0.25) is 0 Å². The number of aliphatic hydroxyl groups excluding tert-OH is 1. The third-order valence-corrected chi connectivity index (χ3v) is 6.95. The van der Waals surface area contributed by atoms with Crippen molar-refractivity contribution in [3.63, 3.8) is 0 Å². The molecule has 208 valence electrons. The summed E-state index contributed by atoms with van der Waals surface area (Å²) in [5.41, 5.74) is 3.84. The maximum Gasteiger partial charge on any atom is 0.310 e. The van der Waals surface area contributed by atoms with Gasteiger partial charge in [-0.3, -0.25) is 19.3 Å². The molecule has 0 spiro atoms. The fourth-order valence-corrected chi connectivity index (χ4v) is 5.00. The number of benzene rings is 3. The highest BCUT2D eigenvalue weighted by Gasteiger charge is 2.47. The molecule has 7 heteroatoms. The molecule has 0 bridgehead atoms. The van der Waals surface area contributed by atoms with Gasteiger partial charge in [0.1, 0.15) is 11.5 Å². The highest BCUT2D eigenvalue weighted by Crippen LogP contribution is 2.43. The number of anilines is 1. The normalized spacial score (nSPS) is 16.8. The summed E-state index contributed by atoms with van der Waals surface area (Å²) in [6.07, 6.45) is 0.0990. The second kappa shape index (κ2) is 11.4. The van der Waals surface area contributed by atoms with Gasteiger partial charge < -0.3 is 14.6 Å². The summed E-state index contributed by atoms with van der Waals surface area (Å²) < 4.78 is 10.6. The van der Waals surface area contributed by atoms with Gasteiger partial charge >= 0.3 is 5.97 Å². The molecule has 1 fully saturated rings. The molecule has 40 heavy (non-hydrogen) atoms. The molecule has 1 saturated heterocycles. The number of aliphatic hydroxyl groups is 1. The molecule has 1 aliphatic heterocycles. The van der Waals surface area contributed by atoms with E-state index in [9.17, 15) is 19.5 Å². The van der Waals surface area contributed by atoms with Gasteiger partial charge in [-0.25, -0.2) is 0 Å². The average molecular weight is 542 g/mol. The molecule has 0 radical (unpaired) electrons. The molecule has 3 aromatic rings. The van der Waals surface area contributed by atoms with E-state index in [2.05, 4.69) is 0 Å². The highest BCUT2D eigenvalue weighted by atomic mass is 16.5. The first-order chi connectivity index (χ1) is 19.0. The summed E-state index contributed by atoms with van der Waals surface area (Å²) in [4.78, 5) is 40.4. The Balaban J connectivity index is 1.86. The van der Waals surface area contributed by atoms with Crippen LogP contribution < -0.4 is 9.64 Å². The minimum absolute atomic E-state index is 0.0104. The van der Waals surface area contributed by atoms with E-state index in [0.29, 0.717) is 29.2 Å². The van der Waals surface area contributed by atoms with Gasteiger partial charge in [0.05, 0.1) is 31.8 Å². The lowest BCUT2D eigenvalue weighted by Gasteiger charge is -2.26. The Labute approximate surface area is 235 Å². The molecule has 3 aromatic carbocycles. The zero-order valence-corrected chi connectivity index (χ0v) is 23.8. The Bertz CT molecular complexity index is 1480. The van der Waals surface area contributed by atoms with Crippen LogP contribution in [0, 0.1) is 6.92 Å². The number of ketones is 1. The van der Waals surface area contributed by atoms with Crippen molar-refractivity contribution >= 4 is 29.1 Å². The number of hydrogen-bond acceptors (Lipinski definition) is 6. The summed E-state index contributed by atoms with van der Waals surface area (Å²) in [6, 6.07) is 18.8. The molecule has 7 nitrogen and oxygen atoms in total. The largest absolute Gasteiger partial charge is 0.507 e. The third kappa shape index (κ3) is 5.64. The molecule has 1 aliphatic rings. The number of aryl methyl sites for hydroxylation is 1. The number of methoxy groups -OCH3 is 1. The van der Waals surface area contributed by atoms with Crippen LogP contribution in [-0.4, -0.2) is 36.5 Å². The zero-order valence-electron chi connectivity index (χ0n) is 23.8. The Kier molecular flexibility index (Phi) is 8.14. The summed E-state index contributed by atoms with van der Waals surface area (Å²) in [5, 5.41) is 11.6. The van der Waals surface area contributed by atoms with Gasteiger partial charge in [-0.2, -0.15) is 0 Å². The van der Waals surface area contributed by atoms with E-state index in [-0.39, 0.29) is 29.1 Å². The summed E-state index contributed by atoms with van der Waals surface area (Å²) >= 11 is 0. The predicted octanol–water partition coefficient (Wildman–Crippen LogP) is 6.03. The van der Waals surface area contributed by atoms with Crippen LogP contribution in [0.1, 0.15) is 61.6 Å². The summed E-state index contributed by atoms with van der Waals surface area (Å²) in [5.74, 6) is -1.44. The van der Waals surface area contributed by atoms with Crippen molar-refractivity contribution < 1.29 is 29.0 Å². The molecule has 0 aliphatic carbocycles. The van der Waals surface area contributed by atoms with Crippen molar-refractivity contribution in [3.8, 4) is 5.75 Å². The smallest absolute Gasteiger partial charge is 0.310 e. The van der Waals surface area contributed by atoms with Gasteiger partial charge in [0, 0.05) is 16.8 Å². The number of hydrogen-bond donors (Lipinski definition) is 1.